The van der Waals surface area contributed by atoms with Crippen LogP contribution in [0.2, 0.25) is 5.15 Å². The monoisotopic (exact) mass is 318 g/mol. The van der Waals surface area contributed by atoms with Gasteiger partial charge in [-0.15, -0.1) is 0 Å². The lowest BCUT2D eigenvalue weighted by Gasteiger charge is -2.16. The third kappa shape index (κ3) is 4.70. The molecule has 0 aliphatic rings. The maximum Gasteiger partial charge on any atom is 0.216 e. The van der Waals surface area contributed by atoms with Crippen LogP contribution in [0.4, 0.5) is 0 Å². The summed E-state index contributed by atoms with van der Waals surface area (Å²) in [5.74, 6) is 1.92. The molecule has 0 saturated heterocycles. The number of hydrogen-bond donors (Lipinski definition) is 0. The second-order valence-electron chi connectivity index (χ2n) is 6.26. The Hall–Kier alpha value is -1.61. The molecular weight excluding hydrogens is 296 g/mol. The first-order valence-electron chi connectivity index (χ1n) is 7.67. The van der Waals surface area contributed by atoms with Gasteiger partial charge in [0.1, 0.15) is 5.15 Å². The first kappa shape index (κ1) is 16.8. The highest BCUT2D eigenvalue weighted by Gasteiger charge is 2.09. The molecule has 2 heterocycles. The molecule has 0 amide bonds. The minimum atomic E-state index is 0.484. The van der Waals surface area contributed by atoms with Crippen molar-refractivity contribution in [1.29, 1.82) is 0 Å². The van der Waals surface area contributed by atoms with Gasteiger partial charge in [0, 0.05) is 23.5 Å². The van der Waals surface area contributed by atoms with Gasteiger partial charge in [-0.1, -0.05) is 32.4 Å². The maximum atomic E-state index is 5.94. The number of aryl methyl sites for hydroxylation is 1. The van der Waals surface area contributed by atoms with Crippen LogP contribution in [0.1, 0.15) is 32.8 Å². The Bertz CT molecular complexity index is 628. The van der Waals surface area contributed by atoms with E-state index in [0.29, 0.717) is 29.5 Å². The molecule has 2 rings (SSSR count). The smallest absolute Gasteiger partial charge is 0.216 e. The van der Waals surface area contributed by atoms with Crippen molar-refractivity contribution in [3.05, 3.63) is 41.3 Å². The number of aromatic nitrogens is 2. The number of pyridine rings is 2. The molecule has 0 aliphatic carbocycles. The van der Waals surface area contributed by atoms with Gasteiger partial charge in [0.15, 0.2) is 0 Å². The van der Waals surface area contributed by atoms with Gasteiger partial charge in [0.25, 0.3) is 0 Å². The molecular formula is C18H23ClN2O. The SMILES string of the molecule is Cc1cc(-c2ccnc(Cl)c2)cnc1OC[C@@H](C)CC(C)C. The second-order valence-corrected chi connectivity index (χ2v) is 6.65. The third-order valence-corrected chi connectivity index (χ3v) is 3.68. The lowest BCUT2D eigenvalue weighted by Crippen LogP contribution is -2.12. The molecule has 22 heavy (non-hydrogen) atoms. The van der Waals surface area contributed by atoms with Crippen LogP contribution in [0.3, 0.4) is 0 Å². The molecule has 2 aromatic heterocycles. The summed E-state index contributed by atoms with van der Waals surface area (Å²) in [6, 6.07) is 5.83. The molecule has 0 radical (unpaired) electrons. The zero-order valence-electron chi connectivity index (χ0n) is 13.6. The van der Waals surface area contributed by atoms with Gasteiger partial charge >= 0.3 is 0 Å². The lowest BCUT2D eigenvalue weighted by molar-refractivity contribution is 0.230. The van der Waals surface area contributed by atoms with E-state index in [1.807, 2.05) is 25.3 Å². The van der Waals surface area contributed by atoms with Crippen molar-refractivity contribution in [3.63, 3.8) is 0 Å². The molecule has 4 heteroatoms. The fourth-order valence-electron chi connectivity index (χ4n) is 2.55. The van der Waals surface area contributed by atoms with E-state index >= 15 is 0 Å². The number of rotatable bonds is 6. The average Bonchev–Trinajstić information content (AvgIpc) is 2.45. The van der Waals surface area contributed by atoms with Crippen LogP contribution < -0.4 is 4.74 Å². The highest BCUT2D eigenvalue weighted by atomic mass is 35.5. The van der Waals surface area contributed by atoms with Crippen molar-refractivity contribution in [1.82, 2.24) is 9.97 Å². The summed E-state index contributed by atoms with van der Waals surface area (Å²) in [6.45, 7) is 9.39. The van der Waals surface area contributed by atoms with Crippen molar-refractivity contribution in [2.24, 2.45) is 11.8 Å². The van der Waals surface area contributed by atoms with Gasteiger partial charge in [-0.25, -0.2) is 9.97 Å². The standard InChI is InChI=1S/C18H23ClN2O/c1-12(2)7-13(3)11-22-18-14(4)8-16(10-21-18)15-5-6-20-17(19)9-15/h5-6,8-10,12-13H,7,11H2,1-4H3/t13-/m0/s1. The topological polar surface area (TPSA) is 35.0 Å². The van der Waals surface area contributed by atoms with Crippen LogP contribution in [0, 0.1) is 18.8 Å². The normalized spacial score (nSPS) is 12.5. The summed E-state index contributed by atoms with van der Waals surface area (Å²) >= 11 is 5.94. The molecule has 0 fully saturated rings. The molecule has 0 saturated carbocycles. The van der Waals surface area contributed by atoms with Gasteiger partial charge in [-0.3, -0.25) is 0 Å². The fourth-order valence-corrected chi connectivity index (χ4v) is 2.72. The quantitative estimate of drug-likeness (QED) is 0.689. The fraction of sp³-hybridized carbons (Fsp3) is 0.444. The lowest BCUT2D eigenvalue weighted by atomic mass is 10.00. The zero-order valence-corrected chi connectivity index (χ0v) is 14.4. The molecule has 0 unspecified atom stereocenters. The Morgan fingerprint density at radius 1 is 1.14 bits per heavy atom. The van der Waals surface area contributed by atoms with Gasteiger partial charge in [-0.2, -0.15) is 0 Å². The molecule has 3 nitrogen and oxygen atoms in total. The van der Waals surface area contributed by atoms with E-state index < -0.39 is 0 Å². The summed E-state index contributed by atoms with van der Waals surface area (Å²) in [4.78, 5) is 8.45. The second kappa shape index (κ2) is 7.59. The van der Waals surface area contributed by atoms with Crippen LogP contribution in [0.5, 0.6) is 5.88 Å². The molecule has 0 aromatic carbocycles. The first-order chi connectivity index (χ1) is 10.5. The molecule has 0 spiro atoms. The average molecular weight is 319 g/mol. The minimum absolute atomic E-state index is 0.484. The predicted molar refractivity (Wildman–Crippen MR) is 91.3 cm³/mol. The van der Waals surface area contributed by atoms with Crippen LogP contribution in [-0.4, -0.2) is 16.6 Å². The van der Waals surface area contributed by atoms with E-state index in [1.165, 1.54) is 0 Å². The molecule has 2 aromatic rings. The summed E-state index contributed by atoms with van der Waals surface area (Å²) in [7, 11) is 0. The maximum absolute atomic E-state index is 5.94. The number of nitrogens with zero attached hydrogens (tertiary/aromatic N) is 2. The van der Waals surface area contributed by atoms with E-state index in [9.17, 15) is 0 Å². The Morgan fingerprint density at radius 2 is 1.91 bits per heavy atom. The molecule has 1 atom stereocenters. The first-order valence-corrected chi connectivity index (χ1v) is 8.05. The van der Waals surface area contributed by atoms with E-state index in [1.54, 1.807) is 6.20 Å². The Morgan fingerprint density at radius 3 is 2.55 bits per heavy atom. The third-order valence-electron chi connectivity index (χ3n) is 3.47. The highest BCUT2D eigenvalue weighted by molar-refractivity contribution is 6.29. The summed E-state index contributed by atoms with van der Waals surface area (Å²) < 4.78 is 5.86. The Labute approximate surface area is 137 Å². The Kier molecular flexibility index (Phi) is 5.78. The summed E-state index contributed by atoms with van der Waals surface area (Å²) in [5, 5.41) is 0.484. The molecule has 0 N–H and O–H groups in total. The van der Waals surface area contributed by atoms with Gasteiger partial charge in [0.05, 0.1) is 6.61 Å². The van der Waals surface area contributed by atoms with Gasteiger partial charge in [0.2, 0.25) is 5.88 Å². The molecule has 0 bridgehead atoms. The zero-order chi connectivity index (χ0) is 16.1. The number of hydrogen-bond acceptors (Lipinski definition) is 3. The van der Waals surface area contributed by atoms with E-state index in [0.717, 1.165) is 23.1 Å². The van der Waals surface area contributed by atoms with Crippen LogP contribution >= 0.6 is 11.6 Å². The summed E-state index contributed by atoms with van der Waals surface area (Å²) in [5.41, 5.74) is 3.06. The number of ether oxygens (including phenoxy) is 1. The van der Waals surface area contributed by atoms with E-state index in [4.69, 9.17) is 16.3 Å². The van der Waals surface area contributed by atoms with Gasteiger partial charge < -0.3 is 4.74 Å². The van der Waals surface area contributed by atoms with Crippen LogP contribution in [0.25, 0.3) is 11.1 Å². The van der Waals surface area contributed by atoms with Crippen LogP contribution in [-0.2, 0) is 0 Å². The van der Waals surface area contributed by atoms with Crippen molar-refractivity contribution in [3.8, 4) is 17.0 Å². The van der Waals surface area contributed by atoms with E-state index in [-0.39, 0.29) is 0 Å². The minimum Gasteiger partial charge on any atom is -0.477 e. The molecule has 118 valence electrons. The van der Waals surface area contributed by atoms with Crippen molar-refractivity contribution >= 4 is 11.6 Å². The van der Waals surface area contributed by atoms with Crippen molar-refractivity contribution in [2.45, 2.75) is 34.1 Å². The van der Waals surface area contributed by atoms with Crippen molar-refractivity contribution in [2.75, 3.05) is 6.61 Å². The van der Waals surface area contributed by atoms with Crippen LogP contribution in [0.15, 0.2) is 30.6 Å². The molecule has 0 aliphatic heterocycles. The van der Waals surface area contributed by atoms with Gasteiger partial charge in [-0.05, 0) is 48.9 Å². The predicted octanol–water partition coefficient (Wildman–Crippen LogP) is 5.17. The van der Waals surface area contributed by atoms with E-state index in [2.05, 4.69) is 36.8 Å². The van der Waals surface area contributed by atoms with Crippen molar-refractivity contribution < 1.29 is 4.74 Å². The highest BCUT2D eigenvalue weighted by Crippen LogP contribution is 2.25. The Balaban J connectivity index is 2.07. The summed E-state index contributed by atoms with van der Waals surface area (Å²) in [6.07, 6.45) is 4.68. The number of halogens is 1. The largest absolute Gasteiger partial charge is 0.477 e.